The Morgan fingerprint density at radius 2 is 2.07 bits per heavy atom. The first-order valence-corrected chi connectivity index (χ1v) is 8.93. The van der Waals surface area contributed by atoms with Crippen LogP contribution >= 0.6 is 0 Å². The Balaban J connectivity index is 1.61. The van der Waals surface area contributed by atoms with E-state index in [2.05, 4.69) is 31.0 Å². The summed E-state index contributed by atoms with van der Waals surface area (Å²) in [7, 11) is 1.77. The molecule has 0 aliphatic carbocycles. The average molecular weight is 395 g/mol. The summed E-state index contributed by atoms with van der Waals surface area (Å²) in [4.78, 5) is 21.3. The molecule has 0 fully saturated rings. The lowest BCUT2D eigenvalue weighted by Gasteiger charge is -2.09. The van der Waals surface area contributed by atoms with Crippen LogP contribution in [0.2, 0.25) is 0 Å². The molecule has 1 amide bonds. The minimum atomic E-state index is -0.557. The van der Waals surface area contributed by atoms with E-state index >= 15 is 0 Å². The number of ether oxygens (including phenoxy) is 1. The Bertz CT molecular complexity index is 1000. The van der Waals surface area contributed by atoms with Gasteiger partial charge in [0.2, 0.25) is 0 Å². The number of aryl methyl sites for hydroxylation is 1. The highest BCUT2D eigenvalue weighted by Gasteiger charge is 2.10. The van der Waals surface area contributed by atoms with Crippen LogP contribution in [-0.4, -0.2) is 43.6 Å². The largest absolute Gasteiger partial charge is 0.447 e. The molecule has 1 aromatic carbocycles. The van der Waals surface area contributed by atoms with E-state index in [1.54, 1.807) is 50.0 Å². The van der Waals surface area contributed by atoms with E-state index in [9.17, 15) is 4.79 Å². The summed E-state index contributed by atoms with van der Waals surface area (Å²) in [6, 6.07) is 12.8. The third kappa shape index (κ3) is 5.58. The lowest BCUT2D eigenvalue weighted by molar-refractivity contribution is 0.128. The van der Waals surface area contributed by atoms with Crippen LogP contribution in [0, 0.1) is 0 Å². The number of carbonyl (C=O) groups excluding carboxylic acids is 1. The number of oxime groups is 1. The van der Waals surface area contributed by atoms with Crippen molar-refractivity contribution in [2.45, 2.75) is 26.6 Å². The average Bonchev–Trinajstić information content (AvgIpc) is 3.11. The third-order valence-electron chi connectivity index (χ3n) is 3.68. The van der Waals surface area contributed by atoms with Gasteiger partial charge in [-0.05, 0) is 36.4 Å². The van der Waals surface area contributed by atoms with Crippen molar-refractivity contribution in [2.75, 3.05) is 5.32 Å². The molecule has 2 heterocycles. The molecule has 3 rings (SSSR count). The van der Waals surface area contributed by atoms with Gasteiger partial charge in [0.15, 0.2) is 12.4 Å². The van der Waals surface area contributed by atoms with Crippen molar-refractivity contribution in [1.29, 1.82) is 0 Å². The normalized spacial score (nSPS) is 11.0. The number of hydrogen-bond donors (Lipinski definition) is 1. The molecule has 150 valence electrons. The van der Waals surface area contributed by atoms with Gasteiger partial charge in [-0.25, -0.2) is 14.5 Å². The zero-order valence-electron chi connectivity index (χ0n) is 16.3. The van der Waals surface area contributed by atoms with Crippen LogP contribution in [0.5, 0.6) is 0 Å². The summed E-state index contributed by atoms with van der Waals surface area (Å²) in [6.07, 6.45) is 0.820. The molecular formula is C19H21N7O3. The zero-order valence-corrected chi connectivity index (χ0v) is 16.3. The molecule has 3 aromatic rings. The molecule has 0 aliphatic heterocycles. The van der Waals surface area contributed by atoms with Gasteiger partial charge in [-0.1, -0.05) is 35.5 Å². The Labute approximate surface area is 167 Å². The number of benzene rings is 1. The van der Waals surface area contributed by atoms with Crippen LogP contribution in [0.15, 0.2) is 47.6 Å². The number of pyridine rings is 1. The molecule has 0 radical (unpaired) electrons. The highest BCUT2D eigenvalue weighted by atomic mass is 16.6. The van der Waals surface area contributed by atoms with Gasteiger partial charge in [0.05, 0.1) is 18.0 Å². The molecule has 0 aliphatic rings. The predicted molar refractivity (Wildman–Crippen MR) is 106 cm³/mol. The second kappa shape index (κ2) is 9.40. The van der Waals surface area contributed by atoms with Gasteiger partial charge in [-0.3, -0.25) is 5.32 Å². The molecule has 0 bridgehead atoms. The number of aromatic nitrogens is 5. The fourth-order valence-corrected chi connectivity index (χ4v) is 2.45. The van der Waals surface area contributed by atoms with Crippen LogP contribution < -0.4 is 5.32 Å². The van der Waals surface area contributed by atoms with Crippen LogP contribution in [0.4, 0.5) is 10.6 Å². The fraction of sp³-hybridized carbons (Fsp3) is 0.263. The number of nitrogens with zero attached hydrogens (tertiary/aromatic N) is 6. The molecule has 0 saturated carbocycles. The Morgan fingerprint density at radius 3 is 2.83 bits per heavy atom. The maximum Gasteiger partial charge on any atom is 0.413 e. The van der Waals surface area contributed by atoms with Gasteiger partial charge in [0, 0.05) is 18.2 Å². The maximum atomic E-state index is 11.7. The molecule has 1 N–H and O–H groups in total. The summed E-state index contributed by atoms with van der Waals surface area (Å²) in [6.45, 7) is 3.68. The summed E-state index contributed by atoms with van der Waals surface area (Å²) in [5, 5.41) is 18.1. The van der Waals surface area contributed by atoms with Crippen molar-refractivity contribution in [3.63, 3.8) is 0 Å². The number of carbonyl (C=O) groups is 1. The molecule has 29 heavy (non-hydrogen) atoms. The summed E-state index contributed by atoms with van der Waals surface area (Å²) >= 11 is 0. The number of nitrogens with one attached hydrogen (secondary N) is 1. The number of anilines is 1. The first kappa shape index (κ1) is 19.9. The minimum Gasteiger partial charge on any atom is -0.447 e. The standard InChI is InChI=1S/C19H21N7O3/c1-13(2)29-19(27)22-17-10-6-8-15(21-17)12-28-20-11-14-7-4-5-9-16(14)18-23-24-25-26(18)3/h4-11,13H,12H2,1-3H3,(H,21,22,27). The molecule has 0 unspecified atom stereocenters. The quantitative estimate of drug-likeness (QED) is 0.483. The minimum absolute atomic E-state index is 0.138. The van der Waals surface area contributed by atoms with E-state index in [-0.39, 0.29) is 12.7 Å². The van der Waals surface area contributed by atoms with E-state index < -0.39 is 6.09 Å². The number of tetrazole rings is 1. The van der Waals surface area contributed by atoms with E-state index in [0.29, 0.717) is 17.3 Å². The topological polar surface area (TPSA) is 116 Å². The molecule has 10 nitrogen and oxygen atoms in total. The van der Waals surface area contributed by atoms with Gasteiger partial charge >= 0.3 is 6.09 Å². The molecule has 10 heteroatoms. The predicted octanol–water partition coefficient (Wildman–Crippen LogP) is 2.78. The Morgan fingerprint density at radius 1 is 1.24 bits per heavy atom. The fourth-order valence-electron chi connectivity index (χ4n) is 2.45. The smallest absolute Gasteiger partial charge is 0.413 e. The van der Waals surface area contributed by atoms with Gasteiger partial charge < -0.3 is 9.57 Å². The van der Waals surface area contributed by atoms with Crippen LogP contribution in [0.3, 0.4) is 0 Å². The van der Waals surface area contributed by atoms with Gasteiger partial charge in [-0.2, -0.15) is 0 Å². The Kier molecular flexibility index (Phi) is 6.46. The molecule has 0 saturated heterocycles. The molecule has 0 atom stereocenters. The molecular weight excluding hydrogens is 374 g/mol. The van der Waals surface area contributed by atoms with Crippen molar-refractivity contribution < 1.29 is 14.4 Å². The van der Waals surface area contributed by atoms with Crippen LogP contribution in [-0.2, 0) is 23.2 Å². The Hall–Kier alpha value is -3.82. The summed E-state index contributed by atoms with van der Waals surface area (Å²) < 4.78 is 6.61. The summed E-state index contributed by atoms with van der Waals surface area (Å²) in [5.74, 6) is 1.00. The summed E-state index contributed by atoms with van der Waals surface area (Å²) in [5.41, 5.74) is 2.25. The monoisotopic (exact) mass is 395 g/mol. The van der Waals surface area contributed by atoms with Gasteiger partial charge in [-0.15, -0.1) is 5.10 Å². The van der Waals surface area contributed by atoms with Crippen molar-refractivity contribution in [3.05, 3.63) is 53.7 Å². The van der Waals surface area contributed by atoms with Crippen molar-refractivity contribution >= 4 is 18.1 Å². The van der Waals surface area contributed by atoms with Crippen molar-refractivity contribution in [2.24, 2.45) is 12.2 Å². The van der Waals surface area contributed by atoms with E-state index in [1.807, 2.05) is 24.3 Å². The maximum absolute atomic E-state index is 11.7. The van der Waals surface area contributed by atoms with E-state index in [0.717, 1.165) is 11.1 Å². The number of amides is 1. The highest BCUT2D eigenvalue weighted by Crippen LogP contribution is 2.18. The van der Waals surface area contributed by atoms with E-state index in [1.165, 1.54) is 0 Å². The number of rotatable bonds is 7. The lowest BCUT2D eigenvalue weighted by Crippen LogP contribution is -2.18. The van der Waals surface area contributed by atoms with Crippen LogP contribution in [0.25, 0.3) is 11.4 Å². The second-order valence-electron chi connectivity index (χ2n) is 6.31. The first-order chi connectivity index (χ1) is 14.0. The first-order valence-electron chi connectivity index (χ1n) is 8.93. The molecule has 0 spiro atoms. The zero-order chi connectivity index (χ0) is 20.6. The SMILES string of the molecule is CC(C)OC(=O)Nc1cccc(CON=Cc2ccccc2-c2nnnn2C)n1. The highest BCUT2D eigenvalue weighted by molar-refractivity contribution is 5.88. The van der Waals surface area contributed by atoms with Crippen molar-refractivity contribution in [1.82, 2.24) is 25.2 Å². The van der Waals surface area contributed by atoms with Gasteiger partial charge in [0.1, 0.15) is 5.82 Å². The van der Waals surface area contributed by atoms with Crippen molar-refractivity contribution in [3.8, 4) is 11.4 Å². The van der Waals surface area contributed by atoms with E-state index in [4.69, 9.17) is 9.57 Å². The second-order valence-corrected chi connectivity index (χ2v) is 6.31. The lowest BCUT2D eigenvalue weighted by atomic mass is 10.1. The number of hydrogen-bond acceptors (Lipinski definition) is 8. The van der Waals surface area contributed by atoms with Gasteiger partial charge in [0.25, 0.3) is 0 Å². The third-order valence-corrected chi connectivity index (χ3v) is 3.68. The molecule has 2 aromatic heterocycles. The van der Waals surface area contributed by atoms with Crippen LogP contribution in [0.1, 0.15) is 25.1 Å².